The predicted molar refractivity (Wildman–Crippen MR) is 126 cm³/mol. The molecule has 5 rings (SSSR count). The molecule has 5 heteroatoms. The molecule has 2 N–H and O–H groups in total. The average Bonchev–Trinajstić information content (AvgIpc) is 3.07. The Labute approximate surface area is 191 Å². The summed E-state index contributed by atoms with van der Waals surface area (Å²) < 4.78 is 0. The Morgan fingerprint density at radius 1 is 0.906 bits per heavy atom. The lowest BCUT2D eigenvalue weighted by Crippen LogP contribution is -2.53. The van der Waals surface area contributed by atoms with Gasteiger partial charge in [0.25, 0.3) is 0 Å². The summed E-state index contributed by atoms with van der Waals surface area (Å²) in [5, 5.41) is 14.1. The molecule has 2 amide bonds. The van der Waals surface area contributed by atoms with Gasteiger partial charge in [-0.15, -0.1) is 0 Å². The number of amides is 2. The molecule has 3 heterocycles. The van der Waals surface area contributed by atoms with Crippen molar-refractivity contribution >= 4 is 6.03 Å². The maximum Gasteiger partial charge on any atom is 0.317 e. The number of carbonyl (C=O) groups is 1. The summed E-state index contributed by atoms with van der Waals surface area (Å²) >= 11 is 0. The number of piperidine rings is 2. The minimum atomic E-state index is -0.439. The molecule has 3 saturated heterocycles. The number of urea groups is 1. The van der Waals surface area contributed by atoms with Crippen molar-refractivity contribution in [1.29, 1.82) is 0 Å². The second-order valence-corrected chi connectivity index (χ2v) is 9.84. The van der Waals surface area contributed by atoms with E-state index in [9.17, 15) is 9.90 Å². The van der Waals surface area contributed by atoms with E-state index in [1.54, 1.807) is 0 Å². The molecule has 3 atom stereocenters. The van der Waals surface area contributed by atoms with Crippen LogP contribution >= 0.6 is 0 Å². The minimum Gasteiger partial charge on any atom is -0.388 e. The number of hydrogen-bond donors (Lipinski definition) is 2. The van der Waals surface area contributed by atoms with Gasteiger partial charge in [0.2, 0.25) is 0 Å². The van der Waals surface area contributed by atoms with Crippen LogP contribution in [0.3, 0.4) is 0 Å². The van der Waals surface area contributed by atoms with E-state index in [1.165, 1.54) is 18.4 Å². The Bertz CT molecular complexity index is 868. The number of benzene rings is 2. The van der Waals surface area contributed by atoms with Crippen LogP contribution in [0.1, 0.15) is 55.8 Å². The monoisotopic (exact) mass is 433 g/mol. The molecule has 3 unspecified atom stereocenters. The van der Waals surface area contributed by atoms with Gasteiger partial charge in [0.1, 0.15) is 0 Å². The van der Waals surface area contributed by atoms with Gasteiger partial charge < -0.3 is 15.3 Å². The first-order chi connectivity index (χ1) is 15.7. The summed E-state index contributed by atoms with van der Waals surface area (Å²) in [6.45, 7) is 2.47. The standard InChI is InChI=1S/C27H35N3O2/c31-26(21-9-5-2-6-10-21)22-13-15-29(16-14-22)27(32)28-23-17-24-11-12-25(18-23)30(24)19-20-7-3-1-4-8-20/h1-10,22-26,31H,11-19H2,(H,28,32). The van der Waals surface area contributed by atoms with Crippen molar-refractivity contribution in [3.05, 3.63) is 71.8 Å². The molecular formula is C27H35N3O2. The van der Waals surface area contributed by atoms with Gasteiger partial charge in [-0.25, -0.2) is 4.79 Å². The zero-order chi connectivity index (χ0) is 21.9. The normalized spacial score (nSPS) is 27.3. The summed E-state index contributed by atoms with van der Waals surface area (Å²) in [5.74, 6) is 0.221. The lowest BCUT2D eigenvalue weighted by atomic mass is 9.87. The van der Waals surface area contributed by atoms with Crippen molar-refractivity contribution in [2.45, 2.75) is 69.3 Å². The van der Waals surface area contributed by atoms with Crippen LogP contribution in [-0.4, -0.2) is 52.2 Å². The molecule has 0 saturated carbocycles. The van der Waals surface area contributed by atoms with E-state index >= 15 is 0 Å². The summed E-state index contributed by atoms with van der Waals surface area (Å²) in [6, 6.07) is 22.1. The third-order valence-corrected chi connectivity index (χ3v) is 7.83. The van der Waals surface area contributed by atoms with Crippen LogP contribution in [0.5, 0.6) is 0 Å². The second kappa shape index (κ2) is 9.63. The van der Waals surface area contributed by atoms with Gasteiger partial charge >= 0.3 is 6.03 Å². The zero-order valence-corrected chi connectivity index (χ0v) is 18.8. The van der Waals surface area contributed by atoms with Crippen LogP contribution in [0.2, 0.25) is 0 Å². The SMILES string of the molecule is O=C(NC1CC2CCC(C1)N2Cc1ccccc1)N1CCC(C(O)c2ccccc2)CC1. The van der Waals surface area contributed by atoms with Gasteiger partial charge in [-0.2, -0.15) is 0 Å². The number of nitrogens with one attached hydrogen (secondary N) is 1. The van der Waals surface area contributed by atoms with Crippen molar-refractivity contribution in [3.8, 4) is 0 Å². The largest absolute Gasteiger partial charge is 0.388 e. The lowest BCUT2D eigenvalue weighted by Gasteiger charge is -2.40. The number of carbonyl (C=O) groups excluding carboxylic acids is 1. The Hall–Kier alpha value is -2.37. The molecule has 0 aromatic heterocycles. The molecule has 0 radical (unpaired) electrons. The van der Waals surface area contributed by atoms with Crippen LogP contribution in [0, 0.1) is 5.92 Å². The number of nitrogens with zero attached hydrogens (tertiary/aromatic N) is 2. The second-order valence-electron chi connectivity index (χ2n) is 9.84. The third kappa shape index (κ3) is 4.69. The Balaban J connectivity index is 1.10. The van der Waals surface area contributed by atoms with Crippen molar-refractivity contribution in [2.75, 3.05) is 13.1 Å². The van der Waals surface area contributed by atoms with E-state index in [4.69, 9.17) is 0 Å². The highest BCUT2D eigenvalue weighted by molar-refractivity contribution is 5.74. The molecule has 32 heavy (non-hydrogen) atoms. The van der Waals surface area contributed by atoms with Crippen LogP contribution in [0.4, 0.5) is 4.79 Å². The Morgan fingerprint density at radius 3 is 2.12 bits per heavy atom. The maximum atomic E-state index is 13.0. The quantitative estimate of drug-likeness (QED) is 0.738. The number of aliphatic hydroxyl groups excluding tert-OH is 1. The van der Waals surface area contributed by atoms with Crippen LogP contribution < -0.4 is 5.32 Å². The van der Waals surface area contributed by atoms with E-state index < -0.39 is 6.10 Å². The minimum absolute atomic E-state index is 0.0820. The van der Waals surface area contributed by atoms with E-state index in [0.717, 1.165) is 50.9 Å². The van der Waals surface area contributed by atoms with Gasteiger partial charge in [-0.1, -0.05) is 60.7 Å². The average molecular weight is 434 g/mol. The number of hydrogen-bond acceptors (Lipinski definition) is 3. The smallest absolute Gasteiger partial charge is 0.317 e. The zero-order valence-electron chi connectivity index (χ0n) is 18.8. The first kappa shape index (κ1) is 21.5. The molecule has 3 aliphatic heterocycles. The van der Waals surface area contributed by atoms with Crippen LogP contribution in [-0.2, 0) is 6.54 Å². The van der Waals surface area contributed by atoms with Crippen molar-refractivity contribution in [3.63, 3.8) is 0 Å². The highest BCUT2D eigenvalue weighted by Gasteiger charge is 2.41. The lowest BCUT2D eigenvalue weighted by molar-refractivity contribution is 0.0641. The molecule has 0 spiro atoms. The maximum absolute atomic E-state index is 13.0. The topological polar surface area (TPSA) is 55.8 Å². The fourth-order valence-corrected chi connectivity index (χ4v) is 6.05. The van der Waals surface area contributed by atoms with Crippen molar-refractivity contribution in [1.82, 2.24) is 15.1 Å². The van der Waals surface area contributed by atoms with E-state index in [1.807, 2.05) is 35.2 Å². The van der Waals surface area contributed by atoms with Gasteiger partial charge in [0, 0.05) is 37.8 Å². The molecule has 3 aliphatic rings. The van der Waals surface area contributed by atoms with Crippen LogP contribution in [0.15, 0.2) is 60.7 Å². The summed E-state index contributed by atoms with van der Waals surface area (Å²) in [7, 11) is 0. The van der Waals surface area contributed by atoms with Gasteiger partial charge in [-0.05, 0) is 55.6 Å². The molecule has 2 bridgehead atoms. The first-order valence-electron chi connectivity index (χ1n) is 12.3. The van der Waals surface area contributed by atoms with E-state index in [0.29, 0.717) is 12.1 Å². The molecule has 0 aliphatic carbocycles. The number of aliphatic hydroxyl groups is 1. The molecule has 170 valence electrons. The number of fused-ring (bicyclic) bond motifs is 2. The molecule has 5 nitrogen and oxygen atoms in total. The summed E-state index contributed by atoms with van der Waals surface area (Å²) in [6.07, 6.45) is 5.86. The fourth-order valence-electron chi connectivity index (χ4n) is 6.05. The Morgan fingerprint density at radius 2 is 1.50 bits per heavy atom. The van der Waals surface area contributed by atoms with Crippen molar-refractivity contribution < 1.29 is 9.90 Å². The molecule has 2 aromatic rings. The predicted octanol–water partition coefficient (Wildman–Crippen LogP) is 4.34. The fraction of sp³-hybridized carbons (Fsp3) is 0.519. The van der Waals surface area contributed by atoms with E-state index in [-0.39, 0.29) is 18.0 Å². The third-order valence-electron chi connectivity index (χ3n) is 7.83. The number of rotatable bonds is 5. The molecule has 2 aromatic carbocycles. The molecule has 3 fully saturated rings. The van der Waals surface area contributed by atoms with Crippen molar-refractivity contribution in [2.24, 2.45) is 5.92 Å². The molecular weight excluding hydrogens is 398 g/mol. The highest BCUT2D eigenvalue weighted by atomic mass is 16.3. The van der Waals surface area contributed by atoms with E-state index in [2.05, 4.69) is 40.5 Å². The highest BCUT2D eigenvalue weighted by Crippen LogP contribution is 2.37. The number of likely N-dealkylation sites (tertiary alicyclic amines) is 1. The summed E-state index contributed by atoms with van der Waals surface area (Å²) in [4.78, 5) is 17.6. The summed E-state index contributed by atoms with van der Waals surface area (Å²) in [5.41, 5.74) is 2.36. The first-order valence-corrected chi connectivity index (χ1v) is 12.3. The van der Waals surface area contributed by atoms with Gasteiger partial charge in [0.15, 0.2) is 0 Å². The van der Waals surface area contributed by atoms with Crippen LogP contribution in [0.25, 0.3) is 0 Å². The van der Waals surface area contributed by atoms with Gasteiger partial charge in [0.05, 0.1) is 6.10 Å². The van der Waals surface area contributed by atoms with Gasteiger partial charge in [-0.3, -0.25) is 4.90 Å². The Kier molecular flexibility index (Phi) is 6.47.